The van der Waals surface area contributed by atoms with Crippen molar-refractivity contribution in [2.24, 2.45) is 5.92 Å². The van der Waals surface area contributed by atoms with Crippen LogP contribution in [0.4, 0.5) is 11.4 Å². The molecular formula is C24H28N2O2. The zero-order valence-corrected chi connectivity index (χ0v) is 16.5. The fourth-order valence-corrected chi connectivity index (χ4v) is 4.39. The normalized spacial score (nSPS) is 16.2. The molecule has 146 valence electrons. The minimum atomic E-state index is -0.116. The molecule has 2 aromatic carbocycles. The van der Waals surface area contributed by atoms with Gasteiger partial charge < -0.3 is 10.2 Å². The summed E-state index contributed by atoms with van der Waals surface area (Å²) in [4.78, 5) is 27.4. The van der Waals surface area contributed by atoms with Crippen molar-refractivity contribution in [1.82, 2.24) is 0 Å². The maximum Gasteiger partial charge on any atom is 0.255 e. The Bertz CT molecular complexity index is 867. The molecule has 0 bridgehead atoms. The van der Waals surface area contributed by atoms with E-state index in [1.807, 2.05) is 47.4 Å². The number of carbonyl (C=O) groups is 2. The number of hydrogen-bond acceptors (Lipinski definition) is 2. The summed E-state index contributed by atoms with van der Waals surface area (Å²) in [5.74, 6) is 0.312. The number of nitrogens with one attached hydrogen (secondary N) is 1. The van der Waals surface area contributed by atoms with E-state index in [2.05, 4.69) is 12.2 Å². The van der Waals surface area contributed by atoms with Crippen LogP contribution in [0.2, 0.25) is 0 Å². The summed E-state index contributed by atoms with van der Waals surface area (Å²) >= 11 is 0. The standard InChI is InChI=1S/C24H28N2O2/c1-2-5-17-8-10-19(11-9-17)23(27)25-21-13-12-18-14-15-26(22(18)16-21)24(28)20-6-3-4-7-20/h8-13,16,20H,2-7,14-15H2,1H3,(H,25,27). The van der Waals surface area contributed by atoms with E-state index in [9.17, 15) is 9.59 Å². The Hall–Kier alpha value is -2.62. The summed E-state index contributed by atoms with van der Waals surface area (Å²) in [7, 11) is 0. The number of rotatable bonds is 5. The second-order valence-corrected chi connectivity index (χ2v) is 7.97. The Labute approximate surface area is 166 Å². The molecule has 4 nitrogen and oxygen atoms in total. The third-order valence-electron chi connectivity index (χ3n) is 5.96. The van der Waals surface area contributed by atoms with Gasteiger partial charge in [0, 0.05) is 29.4 Å². The van der Waals surface area contributed by atoms with Gasteiger partial charge in [0.15, 0.2) is 0 Å². The molecule has 4 rings (SSSR count). The van der Waals surface area contributed by atoms with Crippen LogP contribution in [0.25, 0.3) is 0 Å². The number of fused-ring (bicyclic) bond motifs is 1. The van der Waals surface area contributed by atoms with Gasteiger partial charge in [0.1, 0.15) is 0 Å². The molecule has 1 N–H and O–H groups in total. The molecule has 0 unspecified atom stereocenters. The van der Waals surface area contributed by atoms with Gasteiger partial charge in [-0.05, 0) is 61.1 Å². The van der Waals surface area contributed by atoms with E-state index in [0.29, 0.717) is 5.56 Å². The highest BCUT2D eigenvalue weighted by Gasteiger charge is 2.32. The molecule has 1 heterocycles. The first kappa shape index (κ1) is 18.7. The van der Waals surface area contributed by atoms with E-state index in [0.717, 1.165) is 62.9 Å². The largest absolute Gasteiger partial charge is 0.322 e. The van der Waals surface area contributed by atoms with E-state index in [-0.39, 0.29) is 17.7 Å². The van der Waals surface area contributed by atoms with Gasteiger partial charge in [-0.15, -0.1) is 0 Å². The van der Waals surface area contributed by atoms with Crippen LogP contribution in [0.1, 0.15) is 60.5 Å². The third-order valence-corrected chi connectivity index (χ3v) is 5.96. The lowest BCUT2D eigenvalue weighted by Gasteiger charge is -2.21. The van der Waals surface area contributed by atoms with Crippen molar-refractivity contribution in [1.29, 1.82) is 0 Å². The summed E-state index contributed by atoms with van der Waals surface area (Å²) in [6.45, 7) is 2.90. The van der Waals surface area contributed by atoms with Crippen molar-refractivity contribution >= 4 is 23.2 Å². The Morgan fingerprint density at radius 3 is 2.54 bits per heavy atom. The summed E-state index contributed by atoms with van der Waals surface area (Å²) in [5, 5.41) is 2.99. The topological polar surface area (TPSA) is 49.4 Å². The number of anilines is 2. The van der Waals surface area contributed by atoms with Gasteiger partial charge in [0.25, 0.3) is 5.91 Å². The molecule has 0 atom stereocenters. The average molecular weight is 377 g/mol. The zero-order valence-electron chi connectivity index (χ0n) is 16.5. The minimum Gasteiger partial charge on any atom is -0.322 e. The van der Waals surface area contributed by atoms with Gasteiger partial charge in [0.05, 0.1) is 0 Å². The summed E-state index contributed by atoms with van der Waals surface area (Å²) in [6, 6.07) is 13.7. The molecule has 1 saturated carbocycles. The summed E-state index contributed by atoms with van der Waals surface area (Å²) < 4.78 is 0. The lowest BCUT2D eigenvalue weighted by molar-refractivity contribution is -0.122. The molecule has 0 aromatic heterocycles. The monoisotopic (exact) mass is 376 g/mol. The van der Waals surface area contributed by atoms with Crippen LogP contribution in [-0.4, -0.2) is 18.4 Å². The highest BCUT2D eigenvalue weighted by molar-refractivity contribution is 6.05. The molecule has 2 aromatic rings. The molecule has 1 aliphatic carbocycles. The number of benzene rings is 2. The van der Waals surface area contributed by atoms with Gasteiger partial charge >= 0.3 is 0 Å². The molecule has 4 heteroatoms. The van der Waals surface area contributed by atoms with E-state index in [1.165, 1.54) is 11.1 Å². The summed E-state index contributed by atoms with van der Waals surface area (Å²) in [5.41, 5.74) is 4.80. The molecule has 0 radical (unpaired) electrons. The molecule has 28 heavy (non-hydrogen) atoms. The zero-order chi connectivity index (χ0) is 19.5. The van der Waals surface area contributed by atoms with Gasteiger partial charge in [-0.3, -0.25) is 9.59 Å². The van der Waals surface area contributed by atoms with Crippen molar-refractivity contribution < 1.29 is 9.59 Å². The molecule has 2 amide bonds. The van der Waals surface area contributed by atoms with E-state index in [4.69, 9.17) is 0 Å². The first-order chi connectivity index (χ1) is 13.7. The van der Waals surface area contributed by atoms with Crippen molar-refractivity contribution in [3.05, 3.63) is 59.2 Å². The summed E-state index contributed by atoms with van der Waals surface area (Å²) in [6.07, 6.45) is 7.34. The van der Waals surface area contributed by atoms with Gasteiger partial charge in [-0.2, -0.15) is 0 Å². The first-order valence-electron chi connectivity index (χ1n) is 10.5. The van der Waals surface area contributed by atoms with Gasteiger partial charge in [-0.25, -0.2) is 0 Å². The van der Waals surface area contributed by atoms with Crippen molar-refractivity contribution in [3.63, 3.8) is 0 Å². The molecule has 2 aliphatic rings. The lowest BCUT2D eigenvalue weighted by atomic mass is 10.1. The van der Waals surface area contributed by atoms with Crippen LogP contribution in [0.15, 0.2) is 42.5 Å². The second-order valence-electron chi connectivity index (χ2n) is 7.97. The second kappa shape index (κ2) is 8.17. The fraction of sp³-hybridized carbons (Fsp3) is 0.417. The van der Waals surface area contributed by atoms with Crippen LogP contribution in [0.3, 0.4) is 0 Å². The number of amides is 2. The van der Waals surface area contributed by atoms with Gasteiger partial charge in [0.2, 0.25) is 5.91 Å². The Morgan fingerprint density at radius 1 is 1.07 bits per heavy atom. The molecule has 0 spiro atoms. The van der Waals surface area contributed by atoms with E-state index < -0.39 is 0 Å². The highest BCUT2D eigenvalue weighted by atomic mass is 16.2. The Kier molecular flexibility index (Phi) is 5.47. The Balaban J connectivity index is 1.48. The number of carbonyl (C=O) groups excluding carboxylic acids is 2. The molecule has 0 saturated heterocycles. The lowest BCUT2D eigenvalue weighted by Crippen LogP contribution is -2.33. The predicted octanol–water partition coefficient (Wildman–Crippen LogP) is 4.97. The van der Waals surface area contributed by atoms with Crippen molar-refractivity contribution in [2.75, 3.05) is 16.8 Å². The third kappa shape index (κ3) is 3.82. The average Bonchev–Trinajstić information content (AvgIpc) is 3.38. The van der Waals surface area contributed by atoms with Crippen LogP contribution in [-0.2, 0) is 17.6 Å². The van der Waals surface area contributed by atoms with Crippen molar-refractivity contribution in [3.8, 4) is 0 Å². The number of nitrogens with zero attached hydrogens (tertiary/aromatic N) is 1. The molecular weight excluding hydrogens is 348 g/mol. The number of hydrogen-bond donors (Lipinski definition) is 1. The molecule has 1 aliphatic heterocycles. The predicted molar refractivity (Wildman–Crippen MR) is 113 cm³/mol. The Morgan fingerprint density at radius 2 is 1.82 bits per heavy atom. The maximum absolute atomic E-state index is 12.9. The smallest absolute Gasteiger partial charge is 0.255 e. The minimum absolute atomic E-state index is 0.116. The van der Waals surface area contributed by atoms with E-state index >= 15 is 0 Å². The van der Waals surface area contributed by atoms with Crippen LogP contribution in [0.5, 0.6) is 0 Å². The quantitative estimate of drug-likeness (QED) is 0.801. The highest BCUT2D eigenvalue weighted by Crippen LogP contribution is 2.35. The van der Waals surface area contributed by atoms with Crippen LogP contribution in [0, 0.1) is 5.92 Å². The van der Waals surface area contributed by atoms with Crippen LogP contribution >= 0.6 is 0 Å². The van der Waals surface area contributed by atoms with Gasteiger partial charge in [-0.1, -0.05) is 44.4 Å². The fourth-order valence-electron chi connectivity index (χ4n) is 4.39. The number of aryl methyl sites for hydroxylation is 1. The SMILES string of the molecule is CCCc1ccc(C(=O)Nc2ccc3c(c2)N(C(=O)C2CCCC2)CC3)cc1. The maximum atomic E-state index is 12.9. The molecule has 1 fully saturated rings. The first-order valence-corrected chi connectivity index (χ1v) is 10.5. The van der Waals surface area contributed by atoms with Crippen molar-refractivity contribution in [2.45, 2.75) is 51.9 Å². The van der Waals surface area contributed by atoms with E-state index in [1.54, 1.807) is 0 Å². The van der Waals surface area contributed by atoms with Crippen LogP contribution < -0.4 is 10.2 Å².